The minimum absolute atomic E-state index is 0.0261. The van der Waals surface area contributed by atoms with Gasteiger partial charge in [-0.3, -0.25) is 14.7 Å². The highest BCUT2D eigenvalue weighted by atomic mass is 35.5. The van der Waals surface area contributed by atoms with E-state index in [9.17, 15) is 10.1 Å². The van der Waals surface area contributed by atoms with E-state index < -0.39 is 5.92 Å². The molecular weight excluding hydrogens is 488 g/mol. The lowest BCUT2D eigenvalue weighted by molar-refractivity contribution is -0.116. The van der Waals surface area contributed by atoms with Gasteiger partial charge in [0.15, 0.2) is 10.1 Å². The third-order valence-corrected chi connectivity index (χ3v) is 8.29. The van der Waals surface area contributed by atoms with Gasteiger partial charge in [-0.15, -0.1) is 10.2 Å². The molecule has 0 spiro atoms. The van der Waals surface area contributed by atoms with Crippen LogP contribution in [-0.4, -0.2) is 21.0 Å². The molecule has 0 saturated heterocycles. The summed E-state index contributed by atoms with van der Waals surface area (Å²) in [5, 5.41) is 20.0. The van der Waals surface area contributed by atoms with Crippen molar-refractivity contribution in [2.45, 2.75) is 35.3 Å². The van der Waals surface area contributed by atoms with Crippen LogP contribution in [0.1, 0.15) is 36.3 Å². The van der Waals surface area contributed by atoms with Crippen molar-refractivity contribution in [3.8, 4) is 6.07 Å². The van der Waals surface area contributed by atoms with Crippen LogP contribution in [0.15, 0.2) is 75.8 Å². The fourth-order valence-corrected chi connectivity index (χ4v) is 6.46. The molecule has 1 aliphatic carbocycles. The summed E-state index contributed by atoms with van der Waals surface area (Å²) in [7, 11) is 0. The molecule has 0 saturated carbocycles. The van der Waals surface area contributed by atoms with Gasteiger partial charge in [-0.25, -0.2) is 0 Å². The number of anilines is 1. The first kappa shape index (κ1) is 22.6. The average Bonchev–Trinajstić information content (AvgIpc) is 3.32. The molecule has 7 nitrogen and oxygen atoms in total. The lowest BCUT2D eigenvalue weighted by atomic mass is 9.76. The minimum Gasteiger partial charge on any atom is -0.384 e. The second-order valence-electron chi connectivity index (χ2n) is 7.83. The summed E-state index contributed by atoms with van der Waals surface area (Å²) >= 11 is 9.18. The summed E-state index contributed by atoms with van der Waals surface area (Å²) in [5.74, 6) is 0.431. The van der Waals surface area contributed by atoms with E-state index >= 15 is 0 Å². The molecule has 1 aliphatic heterocycles. The van der Waals surface area contributed by atoms with E-state index in [-0.39, 0.29) is 11.6 Å². The smallest absolute Gasteiger partial charge is 0.219 e. The number of rotatable bonds is 5. The maximum atomic E-state index is 13.1. The fraction of sp³-hybridized carbons (Fsp3) is 0.208. The topological polar surface area (TPSA) is 109 Å². The third-order valence-electron chi connectivity index (χ3n) is 5.83. The zero-order chi connectivity index (χ0) is 23.7. The van der Waals surface area contributed by atoms with Crippen molar-refractivity contribution in [1.82, 2.24) is 15.2 Å². The summed E-state index contributed by atoms with van der Waals surface area (Å²) in [5.41, 5.74) is 10.1. The number of hydrogen-bond acceptors (Lipinski definition) is 9. The Bertz CT molecular complexity index is 1360. The van der Waals surface area contributed by atoms with E-state index in [1.807, 2.05) is 30.3 Å². The number of hydrogen-bond donors (Lipinski definition) is 1. The van der Waals surface area contributed by atoms with Gasteiger partial charge in [0.2, 0.25) is 5.13 Å². The number of halogens is 1. The van der Waals surface area contributed by atoms with Crippen LogP contribution in [0.3, 0.4) is 0 Å². The lowest BCUT2D eigenvalue weighted by Crippen LogP contribution is -2.38. The average molecular weight is 507 g/mol. The first-order chi connectivity index (χ1) is 16.6. The summed E-state index contributed by atoms with van der Waals surface area (Å²) in [4.78, 5) is 19.1. The molecular formula is C24H19ClN6OS2. The van der Waals surface area contributed by atoms with Crippen molar-refractivity contribution in [3.05, 3.63) is 87.6 Å². The van der Waals surface area contributed by atoms with Gasteiger partial charge in [0, 0.05) is 40.9 Å². The summed E-state index contributed by atoms with van der Waals surface area (Å²) in [6.07, 6.45) is 5.18. The van der Waals surface area contributed by atoms with Gasteiger partial charge < -0.3 is 5.73 Å². The Kier molecular flexibility index (Phi) is 6.37. The van der Waals surface area contributed by atoms with Crippen LogP contribution in [0.5, 0.6) is 0 Å². The monoisotopic (exact) mass is 506 g/mol. The SMILES string of the molecule is N#CC1=C(N)N(c2nnc(SCc3ccccc3Cl)s2)C2=C(C(=O)CCC2)[C@@H]1c1cccnc1. The van der Waals surface area contributed by atoms with Gasteiger partial charge in [-0.2, -0.15) is 5.26 Å². The molecule has 1 atom stereocenters. The van der Waals surface area contributed by atoms with Crippen LogP contribution in [-0.2, 0) is 10.5 Å². The van der Waals surface area contributed by atoms with Gasteiger partial charge in [-0.05, 0) is 36.1 Å². The number of aromatic nitrogens is 3. The van der Waals surface area contributed by atoms with Crippen LogP contribution in [0, 0.1) is 11.3 Å². The van der Waals surface area contributed by atoms with E-state index in [0.717, 1.165) is 27.6 Å². The highest BCUT2D eigenvalue weighted by Crippen LogP contribution is 2.47. The van der Waals surface area contributed by atoms with Crippen molar-refractivity contribution in [1.29, 1.82) is 5.26 Å². The highest BCUT2D eigenvalue weighted by molar-refractivity contribution is 8.00. The molecule has 0 unspecified atom stereocenters. The van der Waals surface area contributed by atoms with E-state index in [2.05, 4.69) is 21.3 Å². The fourth-order valence-electron chi connectivity index (χ4n) is 4.29. The molecule has 0 fully saturated rings. The Labute approximate surface area is 210 Å². The standard InChI is InChI=1S/C24H19ClN6OS2/c25-17-7-2-1-5-15(17)13-33-24-30-29-23(34-24)31-18-8-3-9-19(32)21(18)20(16(11-26)22(31)27)14-6-4-10-28-12-14/h1-2,4-7,10,12,20H,3,8-9,13,27H2/t20-/m1/s1. The van der Waals surface area contributed by atoms with Crippen LogP contribution < -0.4 is 10.6 Å². The van der Waals surface area contributed by atoms with E-state index in [4.69, 9.17) is 17.3 Å². The zero-order valence-electron chi connectivity index (χ0n) is 17.9. The van der Waals surface area contributed by atoms with Crippen molar-refractivity contribution < 1.29 is 4.79 Å². The molecule has 3 aromatic rings. The molecule has 2 aliphatic rings. The predicted molar refractivity (Wildman–Crippen MR) is 133 cm³/mol. The first-order valence-corrected chi connectivity index (χ1v) is 12.8. The van der Waals surface area contributed by atoms with E-state index in [1.54, 1.807) is 23.4 Å². The van der Waals surface area contributed by atoms with Crippen molar-refractivity contribution in [2.75, 3.05) is 4.90 Å². The zero-order valence-corrected chi connectivity index (χ0v) is 20.3. The number of thioether (sulfide) groups is 1. The van der Waals surface area contributed by atoms with Gasteiger partial charge in [0.05, 0.1) is 17.6 Å². The van der Waals surface area contributed by atoms with Gasteiger partial charge >= 0.3 is 0 Å². The molecule has 1 aromatic carbocycles. The normalized spacial score (nSPS) is 18.2. The molecule has 0 radical (unpaired) electrons. The molecule has 2 N–H and O–H groups in total. The molecule has 34 heavy (non-hydrogen) atoms. The Hall–Kier alpha value is -3.19. The number of allylic oxidation sites excluding steroid dienone is 3. The Morgan fingerprint density at radius 2 is 2.09 bits per heavy atom. The number of carbonyl (C=O) groups excluding carboxylic acids is 1. The number of benzene rings is 1. The lowest BCUT2D eigenvalue weighted by Gasteiger charge is -2.37. The number of nitrogens with two attached hydrogens (primary N) is 1. The van der Waals surface area contributed by atoms with Gasteiger partial charge in [-0.1, -0.05) is 59.0 Å². The summed E-state index contributed by atoms with van der Waals surface area (Å²) in [6, 6.07) is 13.6. The van der Waals surface area contributed by atoms with E-state index in [0.29, 0.717) is 39.9 Å². The Morgan fingerprint density at radius 3 is 2.85 bits per heavy atom. The predicted octanol–water partition coefficient (Wildman–Crippen LogP) is 5.18. The van der Waals surface area contributed by atoms with Crippen LogP contribution in [0.25, 0.3) is 0 Å². The minimum atomic E-state index is -0.528. The molecule has 10 heteroatoms. The first-order valence-electron chi connectivity index (χ1n) is 10.6. The van der Waals surface area contributed by atoms with Gasteiger partial charge in [0.1, 0.15) is 5.82 Å². The molecule has 5 rings (SSSR count). The van der Waals surface area contributed by atoms with Crippen molar-refractivity contribution >= 4 is 45.6 Å². The van der Waals surface area contributed by atoms with Crippen molar-refractivity contribution in [3.63, 3.8) is 0 Å². The number of pyridine rings is 1. The maximum absolute atomic E-state index is 13.1. The van der Waals surface area contributed by atoms with Crippen LogP contribution in [0.2, 0.25) is 5.02 Å². The molecule has 2 aromatic heterocycles. The Balaban J connectivity index is 1.52. The van der Waals surface area contributed by atoms with Crippen LogP contribution in [0.4, 0.5) is 5.13 Å². The van der Waals surface area contributed by atoms with Crippen LogP contribution >= 0.6 is 34.7 Å². The summed E-state index contributed by atoms with van der Waals surface area (Å²) < 4.78 is 0.750. The Morgan fingerprint density at radius 1 is 1.24 bits per heavy atom. The molecule has 3 heterocycles. The number of nitriles is 1. The molecule has 0 amide bonds. The number of carbonyl (C=O) groups is 1. The second-order valence-corrected chi connectivity index (χ2v) is 10.4. The third kappa shape index (κ3) is 4.09. The quantitative estimate of drug-likeness (QED) is 0.471. The second kappa shape index (κ2) is 9.58. The molecule has 170 valence electrons. The molecule has 0 bridgehead atoms. The summed E-state index contributed by atoms with van der Waals surface area (Å²) in [6.45, 7) is 0. The van der Waals surface area contributed by atoms with E-state index in [1.165, 1.54) is 23.1 Å². The number of ketones is 1. The number of Topliss-reactive ketones (excluding diaryl/α,β-unsaturated/α-hetero) is 1. The maximum Gasteiger partial charge on any atom is 0.219 e. The van der Waals surface area contributed by atoms with Gasteiger partial charge in [0.25, 0.3) is 0 Å². The van der Waals surface area contributed by atoms with Crippen molar-refractivity contribution in [2.24, 2.45) is 5.73 Å². The number of nitrogens with zero attached hydrogens (tertiary/aromatic N) is 5. The highest BCUT2D eigenvalue weighted by Gasteiger charge is 2.41. The largest absolute Gasteiger partial charge is 0.384 e.